The van der Waals surface area contributed by atoms with Crippen LogP contribution in [0.15, 0.2) is 65.5 Å². The lowest BCUT2D eigenvalue weighted by molar-refractivity contribution is 0.0390. The first-order valence-corrected chi connectivity index (χ1v) is 10.2. The summed E-state index contributed by atoms with van der Waals surface area (Å²) in [6, 6.07) is 17.8. The SMILES string of the molecule is Nc1nc2c(c(=O)[nH]1)NCN2C(OCCCC(=O)c1ccccc1)C(=O)c1ccccc1. The van der Waals surface area contributed by atoms with Gasteiger partial charge in [-0.25, -0.2) is 0 Å². The predicted octanol–water partition coefficient (Wildman–Crippen LogP) is 2.43. The molecule has 0 spiro atoms. The Morgan fingerprint density at radius 1 is 1.06 bits per heavy atom. The third-order valence-corrected chi connectivity index (χ3v) is 5.10. The molecule has 0 amide bonds. The summed E-state index contributed by atoms with van der Waals surface area (Å²) in [5, 5.41) is 2.94. The third-order valence-electron chi connectivity index (χ3n) is 5.10. The maximum absolute atomic E-state index is 13.3. The molecule has 0 bridgehead atoms. The number of fused-ring (bicyclic) bond motifs is 1. The number of anilines is 3. The highest BCUT2D eigenvalue weighted by atomic mass is 16.5. The van der Waals surface area contributed by atoms with Gasteiger partial charge < -0.3 is 20.7 Å². The lowest BCUT2D eigenvalue weighted by atomic mass is 10.1. The monoisotopic (exact) mass is 433 g/mol. The van der Waals surface area contributed by atoms with Crippen molar-refractivity contribution in [3.63, 3.8) is 0 Å². The topological polar surface area (TPSA) is 130 Å². The van der Waals surface area contributed by atoms with Crippen LogP contribution in [0.3, 0.4) is 0 Å². The van der Waals surface area contributed by atoms with Crippen LogP contribution in [0.5, 0.6) is 0 Å². The van der Waals surface area contributed by atoms with Gasteiger partial charge in [-0.15, -0.1) is 0 Å². The standard InChI is InChI=1S/C23H23N5O4/c24-23-26-20-18(21(31)27-23)25-14-28(20)22(19(30)16-10-5-2-6-11-16)32-13-7-12-17(29)15-8-3-1-4-9-15/h1-6,8-11,22,25H,7,12-14H2,(H3,24,26,27,31). The molecular formula is C23H23N5O4. The molecule has 0 saturated carbocycles. The van der Waals surface area contributed by atoms with Crippen LogP contribution >= 0.6 is 0 Å². The molecule has 0 aliphatic carbocycles. The second-order valence-electron chi connectivity index (χ2n) is 7.30. The van der Waals surface area contributed by atoms with E-state index in [4.69, 9.17) is 10.5 Å². The molecular weight excluding hydrogens is 410 g/mol. The van der Waals surface area contributed by atoms with Crippen LogP contribution < -0.4 is 21.5 Å². The molecule has 1 aliphatic rings. The first-order chi connectivity index (χ1) is 15.5. The predicted molar refractivity (Wildman–Crippen MR) is 121 cm³/mol. The summed E-state index contributed by atoms with van der Waals surface area (Å²) in [7, 11) is 0. The van der Waals surface area contributed by atoms with Crippen LogP contribution in [0.1, 0.15) is 33.6 Å². The number of carbonyl (C=O) groups excluding carboxylic acids is 2. The Labute approximate surface area is 184 Å². The van der Waals surface area contributed by atoms with E-state index in [1.807, 2.05) is 24.3 Å². The second-order valence-corrected chi connectivity index (χ2v) is 7.30. The highest BCUT2D eigenvalue weighted by Gasteiger charge is 2.35. The number of hydrogen-bond acceptors (Lipinski definition) is 8. The zero-order valence-electron chi connectivity index (χ0n) is 17.3. The molecule has 0 fully saturated rings. The van der Waals surface area contributed by atoms with Crippen molar-refractivity contribution in [2.24, 2.45) is 0 Å². The molecule has 3 aromatic rings. The zero-order valence-corrected chi connectivity index (χ0v) is 17.3. The summed E-state index contributed by atoms with van der Waals surface area (Å²) in [4.78, 5) is 46.0. The Balaban J connectivity index is 1.50. The largest absolute Gasteiger partial charge is 0.369 e. The molecule has 9 nitrogen and oxygen atoms in total. The van der Waals surface area contributed by atoms with E-state index in [1.54, 1.807) is 41.3 Å². The molecule has 4 N–H and O–H groups in total. The Hall–Kier alpha value is -3.98. The number of aromatic amines is 1. The molecule has 164 valence electrons. The number of nitrogen functional groups attached to an aromatic ring is 1. The number of ether oxygens (including phenoxy) is 1. The summed E-state index contributed by atoms with van der Waals surface area (Å²) in [5.74, 6) is -0.0766. The summed E-state index contributed by atoms with van der Waals surface area (Å²) >= 11 is 0. The van der Waals surface area contributed by atoms with Gasteiger partial charge in [-0.2, -0.15) is 4.98 Å². The van der Waals surface area contributed by atoms with Gasteiger partial charge >= 0.3 is 0 Å². The number of ketones is 2. The normalized spacial score (nSPS) is 13.3. The number of Topliss-reactive ketones (excluding diaryl/α,β-unsaturated/α-hetero) is 2. The number of H-pyrrole nitrogens is 1. The Morgan fingerprint density at radius 2 is 1.72 bits per heavy atom. The number of rotatable bonds is 9. The van der Waals surface area contributed by atoms with Crippen molar-refractivity contribution >= 4 is 29.0 Å². The first-order valence-electron chi connectivity index (χ1n) is 10.2. The summed E-state index contributed by atoms with van der Waals surface area (Å²) < 4.78 is 5.96. The van der Waals surface area contributed by atoms with E-state index >= 15 is 0 Å². The number of carbonyl (C=O) groups is 2. The van der Waals surface area contributed by atoms with Crippen molar-refractivity contribution in [3.05, 3.63) is 82.1 Å². The van der Waals surface area contributed by atoms with Gasteiger partial charge in [0.1, 0.15) is 5.69 Å². The Bertz CT molecular complexity index is 1160. The molecule has 0 radical (unpaired) electrons. The molecule has 4 rings (SSSR count). The molecule has 1 unspecified atom stereocenters. The van der Waals surface area contributed by atoms with Crippen LogP contribution in [0.25, 0.3) is 0 Å². The summed E-state index contributed by atoms with van der Waals surface area (Å²) in [5.41, 5.74) is 6.62. The fourth-order valence-corrected chi connectivity index (χ4v) is 3.53. The minimum Gasteiger partial charge on any atom is -0.369 e. The van der Waals surface area contributed by atoms with Crippen LogP contribution in [-0.2, 0) is 4.74 Å². The van der Waals surface area contributed by atoms with Crippen LogP contribution in [-0.4, -0.2) is 41.0 Å². The van der Waals surface area contributed by atoms with E-state index in [-0.39, 0.29) is 48.7 Å². The summed E-state index contributed by atoms with van der Waals surface area (Å²) in [6.07, 6.45) is -0.312. The Kier molecular flexibility index (Phi) is 6.27. The van der Waals surface area contributed by atoms with Crippen LogP contribution in [0.2, 0.25) is 0 Å². The lowest BCUT2D eigenvalue weighted by Gasteiger charge is -2.27. The van der Waals surface area contributed by atoms with E-state index < -0.39 is 11.8 Å². The molecule has 1 aromatic heterocycles. The van der Waals surface area contributed by atoms with Crippen molar-refractivity contribution in [3.8, 4) is 0 Å². The average Bonchev–Trinajstić information content (AvgIpc) is 3.23. The third kappa shape index (κ3) is 4.52. The number of nitrogens with two attached hydrogens (primary N) is 1. The van der Waals surface area contributed by atoms with E-state index in [2.05, 4.69) is 15.3 Å². The van der Waals surface area contributed by atoms with E-state index in [1.165, 1.54) is 0 Å². The quantitative estimate of drug-likeness (QED) is 0.346. The number of hydrogen-bond donors (Lipinski definition) is 3. The second kappa shape index (κ2) is 9.44. The fraction of sp³-hybridized carbons (Fsp3) is 0.217. The average molecular weight is 433 g/mol. The highest BCUT2D eigenvalue weighted by molar-refractivity contribution is 6.01. The molecule has 2 heterocycles. The molecule has 32 heavy (non-hydrogen) atoms. The van der Waals surface area contributed by atoms with Gasteiger partial charge in [0, 0.05) is 17.5 Å². The van der Waals surface area contributed by atoms with Gasteiger partial charge in [0.15, 0.2) is 17.8 Å². The minimum atomic E-state index is -1.04. The Morgan fingerprint density at radius 3 is 2.41 bits per heavy atom. The molecule has 9 heteroatoms. The van der Waals surface area contributed by atoms with Crippen molar-refractivity contribution in [2.75, 3.05) is 29.2 Å². The number of nitrogens with one attached hydrogen (secondary N) is 2. The van der Waals surface area contributed by atoms with Crippen molar-refractivity contribution in [1.82, 2.24) is 9.97 Å². The lowest BCUT2D eigenvalue weighted by Crippen LogP contribution is -2.44. The van der Waals surface area contributed by atoms with E-state index in [0.29, 0.717) is 17.5 Å². The van der Waals surface area contributed by atoms with Gasteiger partial charge in [0.25, 0.3) is 5.56 Å². The van der Waals surface area contributed by atoms with Crippen LogP contribution in [0, 0.1) is 0 Å². The molecule has 1 atom stereocenters. The van der Waals surface area contributed by atoms with E-state index in [0.717, 1.165) is 0 Å². The maximum Gasteiger partial charge on any atom is 0.277 e. The van der Waals surface area contributed by atoms with Gasteiger partial charge in [-0.05, 0) is 6.42 Å². The maximum atomic E-state index is 13.3. The zero-order chi connectivity index (χ0) is 22.5. The number of nitrogens with zero attached hydrogens (tertiary/aromatic N) is 2. The van der Waals surface area contributed by atoms with Crippen molar-refractivity contribution in [2.45, 2.75) is 19.1 Å². The molecule has 0 saturated heterocycles. The number of aromatic nitrogens is 2. The molecule has 2 aromatic carbocycles. The van der Waals surface area contributed by atoms with Gasteiger partial charge in [0.2, 0.25) is 11.7 Å². The van der Waals surface area contributed by atoms with Gasteiger partial charge in [0.05, 0.1) is 13.3 Å². The fourth-order valence-electron chi connectivity index (χ4n) is 3.53. The molecule has 1 aliphatic heterocycles. The van der Waals surface area contributed by atoms with Gasteiger partial charge in [-0.3, -0.25) is 19.4 Å². The summed E-state index contributed by atoms with van der Waals surface area (Å²) in [6.45, 7) is 0.327. The smallest absolute Gasteiger partial charge is 0.277 e. The van der Waals surface area contributed by atoms with Crippen LogP contribution in [0.4, 0.5) is 17.5 Å². The minimum absolute atomic E-state index is 0.00861. The highest BCUT2D eigenvalue weighted by Crippen LogP contribution is 2.29. The number of benzene rings is 2. The van der Waals surface area contributed by atoms with Crippen molar-refractivity contribution < 1.29 is 14.3 Å². The van der Waals surface area contributed by atoms with E-state index in [9.17, 15) is 14.4 Å². The first kappa shape index (κ1) is 21.3. The van der Waals surface area contributed by atoms with Crippen molar-refractivity contribution in [1.29, 1.82) is 0 Å². The van der Waals surface area contributed by atoms with Gasteiger partial charge in [-0.1, -0.05) is 60.7 Å².